The number of amides is 1. The lowest BCUT2D eigenvalue weighted by atomic mass is 9.94. The van der Waals surface area contributed by atoms with Crippen LogP contribution in [0.2, 0.25) is 5.02 Å². The van der Waals surface area contributed by atoms with Gasteiger partial charge in [-0.05, 0) is 43.4 Å². The second kappa shape index (κ2) is 11.8. The molecule has 2 aliphatic carbocycles. The molecule has 0 aromatic heterocycles. The normalized spacial score (nSPS) is 24.3. The molecule has 1 saturated heterocycles. The Morgan fingerprint density at radius 2 is 1.68 bits per heavy atom. The largest absolute Gasteiger partial charge is 0.327 e. The van der Waals surface area contributed by atoms with Crippen LogP contribution in [0.1, 0.15) is 76.7 Å². The molecule has 1 amide bonds. The Balaban J connectivity index is 0.00000272. The number of thioether (sulfide) groups is 1. The van der Waals surface area contributed by atoms with E-state index in [-0.39, 0.29) is 24.5 Å². The molecular weight excluding hydrogens is 449 g/mol. The number of hydrogen-bond acceptors (Lipinski definition) is 3. The third-order valence-electron chi connectivity index (χ3n) is 6.77. The van der Waals surface area contributed by atoms with Gasteiger partial charge in [0.25, 0.3) is 0 Å². The summed E-state index contributed by atoms with van der Waals surface area (Å²) in [5.41, 5.74) is 1.13. The van der Waals surface area contributed by atoms with Gasteiger partial charge in [-0.3, -0.25) is 9.79 Å². The fourth-order valence-electron chi connectivity index (χ4n) is 5.11. The van der Waals surface area contributed by atoms with Crippen LogP contribution in [-0.2, 0) is 11.3 Å². The van der Waals surface area contributed by atoms with Crippen molar-refractivity contribution in [2.24, 2.45) is 4.99 Å². The van der Waals surface area contributed by atoms with Gasteiger partial charge in [0.1, 0.15) is 6.17 Å². The number of carbonyl (C=O) groups is 1. The van der Waals surface area contributed by atoms with Crippen LogP contribution in [0.5, 0.6) is 0 Å². The van der Waals surface area contributed by atoms with Crippen LogP contribution >= 0.6 is 35.8 Å². The van der Waals surface area contributed by atoms with Crippen LogP contribution < -0.4 is 0 Å². The van der Waals surface area contributed by atoms with Gasteiger partial charge in [-0.15, -0.1) is 12.4 Å². The fraction of sp³-hybridized carbons (Fsp3) is 0.667. The van der Waals surface area contributed by atoms with E-state index in [4.69, 9.17) is 16.6 Å². The van der Waals surface area contributed by atoms with Crippen molar-refractivity contribution >= 4 is 46.8 Å². The highest BCUT2D eigenvalue weighted by Gasteiger charge is 2.40. The Hall–Kier alpha value is -0.910. The average Bonchev–Trinajstić information content (AvgIpc) is 3.17. The fourth-order valence-corrected chi connectivity index (χ4v) is 6.52. The predicted molar refractivity (Wildman–Crippen MR) is 134 cm³/mol. The Kier molecular flexibility index (Phi) is 9.42. The summed E-state index contributed by atoms with van der Waals surface area (Å²) in [6.07, 6.45) is 12.8. The first kappa shape index (κ1) is 24.7. The first-order valence-corrected chi connectivity index (χ1v) is 13.0. The van der Waals surface area contributed by atoms with Crippen molar-refractivity contribution in [2.45, 2.75) is 95.9 Å². The van der Waals surface area contributed by atoms with Gasteiger partial charge in [-0.1, -0.05) is 74.0 Å². The smallest absolute Gasteiger partial charge is 0.221 e. The SMILES string of the molecule is CC(=O)N(Cc1ccc(Cl)cc1)C1CSC(=NC2CCCCC2)N1C1CCCCC1.Cl. The van der Waals surface area contributed by atoms with E-state index in [0.29, 0.717) is 18.6 Å². The molecule has 1 aromatic rings. The molecule has 0 radical (unpaired) electrons. The number of rotatable bonds is 5. The molecule has 4 nitrogen and oxygen atoms in total. The number of nitrogens with zero attached hydrogens (tertiary/aromatic N) is 3. The van der Waals surface area contributed by atoms with E-state index in [0.717, 1.165) is 16.3 Å². The standard InChI is InChI=1S/C24H34ClN3OS.ClH/c1-18(29)27(16-19-12-14-20(25)15-13-19)23-17-30-24(26-21-8-4-2-5-9-21)28(23)22-10-6-3-7-11-22;/h12-15,21-23H,2-11,16-17H2,1H3;1H. The van der Waals surface area contributed by atoms with Crippen LogP contribution in [0.15, 0.2) is 29.3 Å². The van der Waals surface area contributed by atoms with Crippen LogP contribution in [-0.4, -0.2) is 44.9 Å². The maximum absolute atomic E-state index is 12.8. The highest BCUT2D eigenvalue weighted by molar-refractivity contribution is 8.14. The van der Waals surface area contributed by atoms with Gasteiger partial charge in [-0.25, -0.2) is 0 Å². The molecule has 1 aromatic carbocycles. The summed E-state index contributed by atoms with van der Waals surface area (Å²) in [6.45, 7) is 2.33. The third-order valence-corrected chi connectivity index (χ3v) is 8.06. The summed E-state index contributed by atoms with van der Waals surface area (Å²) >= 11 is 7.93. The van der Waals surface area contributed by atoms with Crippen molar-refractivity contribution in [3.63, 3.8) is 0 Å². The molecule has 3 fully saturated rings. The van der Waals surface area contributed by atoms with E-state index >= 15 is 0 Å². The van der Waals surface area contributed by atoms with Gasteiger partial charge in [0.15, 0.2) is 5.17 Å². The van der Waals surface area contributed by atoms with E-state index in [1.807, 2.05) is 40.9 Å². The predicted octanol–water partition coefficient (Wildman–Crippen LogP) is 6.51. The van der Waals surface area contributed by atoms with Crippen molar-refractivity contribution in [1.29, 1.82) is 0 Å². The number of halogens is 2. The summed E-state index contributed by atoms with van der Waals surface area (Å²) in [7, 11) is 0. The topological polar surface area (TPSA) is 35.9 Å². The minimum Gasteiger partial charge on any atom is -0.327 e. The molecule has 0 bridgehead atoms. The molecule has 1 atom stereocenters. The summed E-state index contributed by atoms with van der Waals surface area (Å²) < 4.78 is 0. The van der Waals surface area contributed by atoms with E-state index in [2.05, 4.69) is 4.90 Å². The molecule has 3 aliphatic rings. The molecule has 0 N–H and O–H groups in total. The zero-order chi connectivity index (χ0) is 20.9. The number of amidine groups is 1. The number of carbonyl (C=O) groups excluding carboxylic acids is 1. The van der Waals surface area contributed by atoms with Crippen LogP contribution in [0.25, 0.3) is 0 Å². The minimum absolute atomic E-state index is 0. The van der Waals surface area contributed by atoms with Crippen LogP contribution in [0.3, 0.4) is 0 Å². The lowest BCUT2D eigenvalue weighted by molar-refractivity contribution is -0.134. The quantitative estimate of drug-likeness (QED) is 0.478. The first-order chi connectivity index (χ1) is 14.6. The van der Waals surface area contributed by atoms with E-state index in [1.54, 1.807) is 6.92 Å². The van der Waals surface area contributed by atoms with E-state index in [9.17, 15) is 4.79 Å². The Morgan fingerprint density at radius 1 is 1.06 bits per heavy atom. The Bertz CT molecular complexity index is 746. The Labute approximate surface area is 202 Å². The van der Waals surface area contributed by atoms with E-state index < -0.39 is 0 Å². The molecule has 0 spiro atoms. The maximum Gasteiger partial charge on any atom is 0.221 e. The number of aliphatic imine (C=N–C) groups is 1. The summed E-state index contributed by atoms with van der Waals surface area (Å²) in [6, 6.07) is 8.85. The zero-order valence-corrected chi connectivity index (χ0v) is 20.9. The second-order valence-corrected chi connectivity index (χ2v) is 10.4. The van der Waals surface area contributed by atoms with Crippen LogP contribution in [0, 0.1) is 0 Å². The molecule has 1 heterocycles. The molecule has 1 unspecified atom stereocenters. The zero-order valence-electron chi connectivity index (χ0n) is 18.5. The van der Waals surface area contributed by atoms with Gasteiger partial charge in [0, 0.05) is 30.3 Å². The van der Waals surface area contributed by atoms with Gasteiger partial charge < -0.3 is 9.80 Å². The number of benzene rings is 1. The van der Waals surface area contributed by atoms with E-state index in [1.165, 1.54) is 69.4 Å². The highest BCUT2D eigenvalue weighted by Crippen LogP contribution is 2.36. The molecule has 172 valence electrons. The van der Waals surface area contributed by atoms with Crippen molar-refractivity contribution in [3.8, 4) is 0 Å². The molecular formula is C24H35Cl2N3OS. The number of hydrogen-bond donors (Lipinski definition) is 0. The second-order valence-electron chi connectivity index (χ2n) is 8.97. The lowest BCUT2D eigenvalue weighted by Crippen LogP contribution is -2.53. The molecule has 31 heavy (non-hydrogen) atoms. The monoisotopic (exact) mass is 483 g/mol. The Morgan fingerprint density at radius 3 is 2.29 bits per heavy atom. The van der Waals surface area contributed by atoms with Gasteiger partial charge >= 0.3 is 0 Å². The molecule has 1 aliphatic heterocycles. The van der Waals surface area contributed by atoms with Crippen molar-refractivity contribution in [3.05, 3.63) is 34.9 Å². The summed E-state index contributed by atoms with van der Waals surface area (Å²) in [5, 5.41) is 1.93. The maximum atomic E-state index is 12.8. The van der Waals surface area contributed by atoms with Crippen molar-refractivity contribution < 1.29 is 4.79 Å². The van der Waals surface area contributed by atoms with Gasteiger partial charge in [0.05, 0.1) is 6.04 Å². The minimum atomic E-state index is 0. The lowest BCUT2D eigenvalue weighted by Gasteiger charge is -2.41. The summed E-state index contributed by atoms with van der Waals surface area (Å²) in [5.74, 6) is 1.05. The van der Waals surface area contributed by atoms with Crippen LogP contribution in [0.4, 0.5) is 0 Å². The van der Waals surface area contributed by atoms with Gasteiger partial charge in [0.2, 0.25) is 5.91 Å². The first-order valence-electron chi connectivity index (χ1n) is 11.6. The molecule has 2 saturated carbocycles. The van der Waals surface area contributed by atoms with Gasteiger partial charge in [-0.2, -0.15) is 0 Å². The van der Waals surface area contributed by atoms with Crippen molar-refractivity contribution in [2.75, 3.05) is 5.75 Å². The average molecular weight is 485 g/mol. The molecule has 4 rings (SSSR count). The summed E-state index contributed by atoms with van der Waals surface area (Å²) in [4.78, 5) is 22.6. The third kappa shape index (κ3) is 6.33. The highest BCUT2D eigenvalue weighted by atomic mass is 35.5. The van der Waals surface area contributed by atoms with Crippen molar-refractivity contribution in [1.82, 2.24) is 9.80 Å². The molecule has 7 heteroatoms.